The molecule has 1 amide bonds. The van der Waals surface area contributed by atoms with E-state index in [1.54, 1.807) is 48.8 Å². The van der Waals surface area contributed by atoms with E-state index in [0.29, 0.717) is 49.9 Å². The van der Waals surface area contributed by atoms with Crippen molar-refractivity contribution in [2.24, 2.45) is 11.8 Å². The maximum atomic E-state index is 13.8. The highest BCUT2D eigenvalue weighted by Gasteiger charge is 2.42. The van der Waals surface area contributed by atoms with Crippen LogP contribution in [-0.2, 0) is 37.3 Å². The van der Waals surface area contributed by atoms with Gasteiger partial charge in [0.25, 0.3) is 0 Å². The third-order valence-electron chi connectivity index (χ3n) is 12.0. The number of amides is 1. The molecule has 9 rings (SSSR count). The maximum Gasteiger partial charge on any atom is 0.408 e. The van der Waals surface area contributed by atoms with Crippen LogP contribution in [0.25, 0.3) is 0 Å². The van der Waals surface area contributed by atoms with Gasteiger partial charge in [0.05, 0.1) is 31.1 Å². The molecule has 4 fully saturated rings. The van der Waals surface area contributed by atoms with Gasteiger partial charge in [0, 0.05) is 31.6 Å². The van der Waals surface area contributed by atoms with Crippen LogP contribution in [0.1, 0.15) is 52.8 Å². The average molecular weight is 917 g/mol. The number of esters is 1. The Bertz CT molecular complexity index is 2520. The molecule has 0 radical (unpaired) electrons. The summed E-state index contributed by atoms with van der Waals surface area (Å²) < 4.78 is 58.1. The number of nitrogens with one attached hydrogen (secondary N) is 2. The minimum absolute atomic E-state index is 0.0566. The van der Waals surface area contributed by atoms with Gasteiger partial charge >= 0.3 is 12.1 Å². The molecule has 330 valence electrons. The van der Waals surface area contributed by atoms with E-state index in [1.165, 1.54) is 24.6 Å². The highest BCUT2D eigenvalue weighted by Crippen LogP contribution is 2.37. The molecule has 5 aromatic rings. The number of fused-ring (bicyclic) bond motifs is 3. The summed E-state index contributed by atoms with van der Waals surface area (Å²) in [5, 5.41) is 3.83. The fourth-order valence-electron chi connectivity index (χ4n) is 8.39. The number of nitrogens with zero attached hydrogens (tertiary/aromatic N) is 2. The van der Waals surface area contributed by atoms with Crippen LogP contribution in [0.2, 0.25) is 10.0 Å². The van der Waals surface area contributed by atoms with Crippen LogP contribution in [0.4, 0.5) is 4.79 Å². The maximum absolute atomic E-state index is 13.8. The fourth-order valence-corrected chi connectivity index (χ4v) is 10.5. The number of aromatic nitrogens is 1. The molecule has 1 aromatic heterocycles. The number of hydrogen-bond donors (Lipinski definition) is 1. The molecule has 4 saturated heterocycles. The SMILES string of the molecule is COc1ccc([C@H](Cc2c(Cl)c[nH+]cc2Cl)OC(=O)C2CN(S(=O)(=O)c3cccc(COc4cccc([C@@H](NC(=O)O[C@H]5CN6CCC5CC6)c5ccccc5)c4)c3)C2)cc1OC. The Morgan fingerprint density at radius 1 is 0.810 bits per heavy atom. The van der Waals surface area contributed by atoms with Crippen LogP contribution < -0.4 is 24.5 Å². The first-order chi connectivity index (χ1) is 30.5. The molecule has 16 heteroatoms. The number of halogens is 2. The molecule has 4 aliphatic rings. The van der Waals surface area contributed by atoms with Crippen molar-refractivity contribution in [3.05, 3.63) is 147 Å². The van der Waals surface area contributed by atoms with Gasteiger partial charge in [0.15, 0.2) is 23.9 Å². The highest BCUT2D eigenvalue weighted by atomic mass is 35.5. The van der Waals surface area contributed by atoms with Crippen molar-refractivity contribution in [2.75, 3.05) is 46.9 Å². The lowest BCUT2D eigenvalue weighted by molar-refractivity contribution is -0.377. The second-order valence-corrected chi connectivity index (χ2v) is 18.7. The van der Waals surface area contributed by atoms with Crippen molar-refractivity contribution in [1.82, 2.24) is 14.5 Å². The predicted octanol–water partition coefficient (Wildman–Crippen LogP) is 7.46. The van der Waals surface area contributed by atoms with Crippen LogP contribution in [0.15, 0.2) is 114 Å². The van der Waals surface area contributed by atoms with E-state index in [0.717, 1.165) is 43.6 Å². The largest absolute Gasteiger partial charge is 0.493 e. The molecule has 4 aliphatic heterocycles. The van der Waals surface area contributed by atoms with Crippen LogP contribution in [0.5, 0.6) is 17.2 Å². The van der Waals surface area contributed by atoms with Gasteiger partial charge in [-0.2, -0.15) is 4.31 Å². The quantitative estimate of drug-likeness (QED) is 0.0990. The number of carbonyl (C=O) groups excluding carboxylic acids is 2. The Hall–Kier alpha value is -5.38. The van der Waals surface area contributed by atoms with Crippen molar-refractivity contribution in [2.45, 2.75) is 49.0 Å². The van der Waals surface area contributed by atoms with Gasteiger partial charge in [-0.1, -0.05) is 83.9 Å². The Kier molecular flexibility index (Phi) is 13.7. The number of hydrogen-bond acceptors (Lipinski definition) is 10. The van der Waals surface area contributed by atoms with Gasteiger partial charge in [0.2, 0.25) is 10.0 Å². The molecule has 4 aromatic carbocycles. The molecule has 2 bridgehead atoms. The van der Waals surface area contributed by atoms with E-state index < -0.39 is 40.1 Å². The summed E-state index contributed by atoms with van der Waals surface area (Å²) in [6.07, 6.45) is 3.99. The molecule has 0 unspecified atom stereocenters. The summed E-state index contributed by atoms with van der Waals surface area (Å²) in [7, 11) is -0.924. The minimum Gasteiger partial charge on any atom is -0.493 e. The molecule has 63 heavy (non-hydrogen) atoms. The molecule has 0 saturated carbocycles. The first-order valence-corrected chi connectivity index (χ1v) is 23.0. The van der Waals surface area contributed by atoms with Gasteiger partial charge in [0.1, 0.15) is 34.6 Å². The molecular formula is C47H49Cl2N4O9S+. The summed E-state index contributed by atoms with van der Waals surface area (Å²) in [5.41, 5.74) is 3.50. The van der Waals surface area contributed by atoms with E-state index in [-0.39, 0.29) is 37.1 Å². The first-order valence-electron chi connectivity index (χ1n) is 20.8. The number of rotatable bonds is 16. The Morgan fingerprint density at radius 3 is 2.22 bits per heavy atom. The van der Waals surface area contributed by atoms with Crippen molar-refractivity contribution >= 4 is 45.3 Å². The summed E-state index contributed by atoms with van der Waals surface area (Å²) in [5.74, 6) is 0.609. The van der Waals surface area contributed by atoms with Crippen LogP contribution in [0.3, 0.4) is 0 Å². The lowest BCUT2D eigenvalue weighted by Crippen LogP contribution is -2.53. The van der Waals surface area contributed by atoms with Gasteiger partial charge in [-0.05, 0) is 90.5 Å². The Morgan fingerprint density at radius 2 is 1.52 bits per heavy atom. The Labute approximate surface area is 377 Å². The number of aromatic amines is 1. The number of piperidine rings is 3. The zero-order chi connectivity index (χ0) is 44.1. The standard InChI is InChI=1S/C47H48Cl2N4O9S/c1-58-41-15-14-33(22-43(41)59-2)42(23-38-39(48)24-50-25-40(38)49)61-46(54)35-26-53(27-35)63(56,57)37-13-6-8-30(20-37)29-60-36-12-7-11-34(21-36)45(32-9-4-3-5-10-32)51-47(55)62-44-28-52-18-16-31(44)17-19-52/h3-15,20-22,24-25,31,35,42,44-45H,16-19,23,26-29H2,1-2H3,(H,51,55)/p+1/t42-,44-,45-/m0/s1. The molecule has 5 heterocycles. The number of carbonyl (C=O) groups is 2. The van der Waals surface area contributed by atoms with Gasteiger partial charge in [-0.3, -0.25) is 9.69 Å². The smallest absolute Gasteiger partial charge is 0.408 e. The van der Waals surface area contributed by atoms with Crippen LogP contribution in [0, 0.1) is 11.8 Å². The number of H-pyrrole nitrogens is 1. The summed E-state index contributed by atoms with van der Waals surface area (Å²) in [6.45, 7) is 2.83. The van der Waals surface area contributed by atoms with E-state index in [1.807, 2.05) is 54.6 Å². The van der Waals surface area contributed by atoms with Crippen molar-refractivity contribution in [1.29, 1.82) is 0 Å². The normalized spacial score (nSPS) is 19.6. The van der Waals surface area contributed by atoms with E-state index in [9.17, 15) is 18.0 Å². The molecule has 3 atom stereocenters. The number of ether oxygens (including phenoxy) is 5. The van der Waals surface area contributed by atoms with Gasteiger partial charge in [-0.25, -0.2) is 18.2 Å². The van der Waals surface area contributed by atoms with E-state index in [4.69, 9.17) is 46.9 Å². The fraction of sp³-hybridized carbons (Fsp3) is 0.340. The molecule has 0 spiro atoms. The van der Waals surface area contributed by atoms with E-state index in [2.05, 4.69) is 15.2 Å². The third kappa shape index (κ3) is 10.2. The van der Waals surface area contributed by atoms with Crippen molar-refractivity contribution in [3.8, 4) is 17.2 Å². The number of methoxy groups -OCH3 is 2. The number of sulfonamides is 1. The molecule has 0 aliphatic carbocycles. The summed E-state index contributed by atoms with van der Waals surface area (Å²) in [4.78, 5) is 32.2. The molecular weight excluding hydrogens is 868 g/mol. The van der Waals surface area contributed by atoms with E-state index >= 15 is 0 Å². The van der Waals surface area contributed by atoms with Gasteiger partial charge < -0.3 is 29.0 Å². The highest BCUT2D eigenvalue weighted by molar-refractivity contribution is 7.89. The third-order valence-corrected chi connectivity index (χ3v) is 14.5. The van der Waals surface area contributed by atoms with Crippen LogP contribution >= 0.6 is 23.2 Å². The predicted molar refractivity (Wildman–Crippen MR) is 235 cm³/mol. The molecule has 13 nitrogen and oxygen atoms in total. The number of pyridine rings is 1. The van der Waals surface area contributed by atoms with Crippen LogP contribution in [-0.4, -0.2) is 82.7 Å². The first kappa shape index (κ1) is 44.2. The number of alkyl carbamates (subject to hydrolysis) is 1. The summed E-state index contributed by atoms with van der Waals surface area (Å²) in [6, 6.07) is 28.4. The zero-order valence-corrected chi connectivity index (χ0v) is 37.2. The lowest BCUT2D eigenvalue weighted by atomic mass is 9.86. The Balaban J connectivity index is 0.905. The van der Waals surface area contributed by atoms with Crippen molar-refractivity contribution < 1.29 is 46.7 Å². The second-order valence-electron chi connectivity index (χ2n) is 16.0. The van der Waals surface area contributed by atoms with Crippen molar-refractivity contribution in [3.63, 3.8) is 0 Å². The topological polar surface area (TPSA) is 147 Å². The number of benzene rings is 4. The minimum atomic E-state index is -3.96. The average Bonchev–Trinajstić information content (AvgIpc) is 3.28. The monoisotopic (exact) mass is 915 g/mol. The second kappa shape index (κ2) is 19.6. The lowest BCUT2D eigenvalue weighted by Gasteiger charge is -2.43. The zero-order valence-electron chi connectivity index (χ0n) is 34.9. The summed E-state index contributed by atoms with van der Waals surface area (Å²) >= 11 is 13.0. The molecule has 2 N–H and O–H groups in total. The van der Waals surface area contributed by atoms with Gasteiger partial charge in [-0.15, -0.1) is 0 Å².